The van der Waals surface area contributed by atoms with Crippen molar-refractivity contribution in [3.63, 3.8) is 0 Å². The molecule has 4 rings (SSSR count). The van der Waals surface area contributed by atoms with Gasteiger partial charge in [0.1, 0.15) is 6.04 Å². The molecule has 178 valence electrons. The second-order valence-corrected chi connectivity index (χ2v) is 9.98. The summed E-state index contributed by atoms with van der Waals surface area (Å²) in [5.41, 5.74) is 1.57. The lowest BCUT2D eigenvalue weighted by Crippen LogP contribution is -2.47. The fraction of sp³-hybridized carbons (Fsp3) is 0.522. The van der Waals surface area contributed by atoms with E-state index in [1.807, 2.05) is 17.1 Å². The Morgan fingerprint density at radius 3 is 2.94 bits per heavy atom. The minimum atomic E-state index is -0.438. The minimum absolute atomic E-state index is 0.0372. The molecule has 1 aliphatic carbocycles. The second kappa shape index (κ2) is 10.9. The van der Waals surface area contributed by atoms with Gasteiger partial charge in [-0.1, -0.05) is 23.8 Å². The molecule has 3 atom stereocenters. The Balaban J connectivity index is 1.52. The highest BCUT2D eigenvalue weighted by atomic mass is 35.5. The van der Waals surface area contributed by atoms with Gasteiger partial charge in [-0.2, -0.15) is 0 Å². The third-order valence-electron chi connectivity index (χ3n) is 6.10. The van der Waals surface area contributed by atoms with E-state index in [1.54, 1.807) is 19.1 Å². The SMILES string of the molecule is CCOC(=O)C1CC(C2=CC(CNC(=O)c3ccc(Cl)s3)=CC(N3CCOC3)C2=O)CCN1. The molecule has 3 heterocycles. The van der Waals surface area contributed by atoms with Crippen LogP contribution in [0.4, 0.5) is 0 Å². The Morgan fingerprint density at radius 2 is 2.24 bits per heavy atom. The molecule has 2 saturated heterocycles. The number of amides is 1. The van der Waals surface area contributed by atoms with Crippen molar-refractivity contribution in [2.75, 3.05) is 39.6 Å². The predicted octanol–water partition coefficient (Wildman–Crippen LogP) is 2.16. The summed E-state index contributed by atoms with van der Waals surface area (Å²) < 4.78 is 11.2. The zero-order valence-corrected chi connectivity index (χ0v) is 20.0. The zero-order valence-electron chi connectivity index (χ0n) is 18.5. The summed E-state index contributed by atoms with van der Waals surface area (Å²) in [4.78, 5) is 40.8. The third-order valence-corrected chi connectivity index (χ3v) is 7.33. The number of nitrogens with zero attached hydrogens (tertiary/aromatic N) is 1. The van der Waals surface area contributed by atoms with E-state index in [9.17, 15) is 14.4 Å². The van der Waals surface area contributed by atoms with Crippen molar-refractivity contribution in [3.05, 3.63) is 44.6 Å². The van der Waals surface area contributed by atoms with Crippen molar-refractivity contribution in [2.45, 2.75) is 31.8 Å². The molecule has 2 aliphatic heterocycles. The van der Waals surface area contributed by atoms with E-state index in [1.165, 1.54) is 11.3 Å². The zero-order chi connectivity index (χ0) is 23.4. The highest BCUT2D eigenvalue weighted by molar-refractivity contribution is 7.18. The van der Waals surface area contributed by atoms with Gasteiger partial charge in [0.25, 0.3) is 5.91 Å². The van der Waals surface area contributed by atoms with E-state index >= 15 is 0 Å². The van der Waals surface area contributed by atoms with Crippen LogP contribution in [0.3, 0.4) is 0 Å². The van der Waals surface area contributed by atoms with Gasteiger partial charge in [0.05, 0.1) is 35.2 Å². The average molecular weight is 494 g/mol. The highest BCUT2D eigenvalue weighted by Crippen LogP contribution is 2.32. The smallest absolute Gasteiger partial charge is 0.323 e. The summed E-state index contributed by atoms with van der Waals surface area (Å²) in [6, 6.07) is 2.52. The van der Waals surface area contributed by atoms with E-state index in [0.29, 0.717) is 60.8 Å². The summed E-state index contributed by atoms with van der Waals surface area (Å²) in [5, 5.41) is 6.13. The van der Waals surface area contributed by atoms with Crippen LogP contribution in [0.1, 0.15) is 29.4 Å². The van der Waals surface area contributed by atoms with Crippen LogP contribution in [-0.2, 0) is 19.1 Å². The molecule has 33 heavy (non-hydrogen) atoms. The van der Waals surface area contributed by atoms with Gasteiger partial charge in [-0.15, -0.1) is 11.3 Å². The Kier molecular flexibility index (Phi) is 7.98. The molecule has 0 bridgehead atoms. The van der Waals surface area contributed by atoms with Crippen LogP contribution in [0.5, 0.6) is 0 Å². The van der Waals surface area contributed by atoms with Gasteiger partial charge in [0, 0.05) is 18.7 Å². The fourth-order valence-corrected chi connectivity index (χ4v) is 5.40. The van der Waals surface area contributed by atoms with Gasteiger partial charge < -0.3 is 20.1 Å². The molecule has 1 aromatic rings. The maximum atomic E-state index is 13.5. The van der Waals surface area contributed by atoms with Crippen molar-refractivity contribution in [1.82, 2.24) is 15.5 Å². The van der Waals surface area contributed by atoms with Crippen molar-refractivity contribution < 1.29 is 23.9 Å². The number of halogens is 1. The first-order valence-electron chi connectivity index (χ1n) is 11.2. The summed E-state index contributed by atoms with van der Waals surface area (Å²) in [6.07, 6.45) is 5.05. The number of Topliss-reactive ketones (excluding diaryl/α,β-unsaturated/α-hetero) is 1. The van der Waals surface area contributed by atoms with Crippen molar-refractivity contribution in [3.8, 4) is 0 Å². The van der Waals surface area contributed by atoms with Gasteiger partial charge in [-0.3, -0.25) is 19.3 Å². The summed E-state index contributed by atoms with van der Waals surface area (Å²) >= 11 is 7.17. The highest BCUT2D eigenvalue weighted by Gasteiger charge is 2.38. The van der Waals surface area contributed by atoms with Crippen molar-refractivity contribution >= 4 is 40.6 Å². The van der Waals surface area contributed by atoms with E-state index in [2.05, 4.69) is 10.6 Å². The number of ether oxygens (including phenoxy) is 2. The van der Waals surface area contributed by atoms with Crippen molar-refractivity contribution in [1.29, 1.82) is 0 Å². The Morgan fingerprint density at radius 1 is 1.39 bits per heavy atom. The molecule has 1 aromatic heterocycles. The number of carbonyl (C=O) groups excluding carboxylic acids is 3. The average Bonchev–Trinajstić information content (AvgIpc) is 3.50. The number of esters is 1. The molecule has 10 heteroatoms. The Bertz CT molecular complexity index is 969. The molecule has 2 fully saturated rings. The Hall–Kier alpha value is -2.04. The van der Waals surface area contributed by atoms with Crippen LogP contribution in [-0.4, -0.2) is 74.2 Å². The monoisotopic (exact) mass is 493 g/mol. The van der Waals surface area contributed by atoms with E-state index in [4.69, 9.17) is 21.1 Å². The molecule has 3 aliphatic rings. The largest absolute Gasteiger partial charge is 0.465 e. The molecule has 3 unspecified atom stereocenters. The summed E-state index contributed by atoms with van der Waals surface area (Å²) in [7, 11) is 0. The molecule has 0 aromatic carbocycles. The molecule has 8 nitrogen and oxygen atoms in total. The van der Waals surface area contributed by atoms with E-state index in [0.717, 1.165) is 12.0 Å². The number of nitrogens with one attached hydrogen (secondary N) is 2. The van der Waals surface area contributed by atoms with Gasteiger partial charge in [0.2, 0.25) is 0 Å². The molecular weight excluding hydrogens is 466 g/mol. The van der Waals surface area contributed by atoms with Crippen LogP contribution >= 0.6 is 22.9 Å². The maximum Gasteiger partial charge on any atom is 0.323 e. The molecule has 0 radical (unpaired) electrons. The molecular formula is C23H28ClN3O5S. The first-order chi connectivity index (χ1) is 16.0. The molecule has 1 amide bonds. The second-order valence-electron chi connectivity index (χ2n) is 8.27. The van der Waals surface area contributed by atoms with Crippen LogP contribution in [0.15, 0.2) is 35.4 Å². The normalized spacial score (nSPS) is 26.0. The first kappa shape index (κ1) is 24.1. The molecule has 0 spiro atoms. The van der Waals surface area contributed by atoms with Crippen LogP contribution in [0, 0.1) is 5.92 Å². The maximum absolute atomic E-state index is 13.5. The number of piperidine rings is 1. The predicted molar refractivity (Wildman–Crippen MR) is 125 cm³/mol. The number of ketones is 1. The number of rotatable bonds is 7. The lowest BCUT2D eigenvalue weighted by atomic mass is 9.79. The van der Waals surface area contributed by atoms with Crippen LogP contribution < -0.4 is 10.6 Å². The quantitative estimate of drug-likeness (QED) is 0.562. The lowest BCUT2D eigenvalue weighted by Gasteiger charge is -2.34. The van der Waals surface area contributed by atoms with Crippen molar-refractivity contribution in [2.24, 2.45) is 5.92 Å². The number of thiophene rings is 1. The van der Waals surface area contributed by atoms with Gasteiger partial charge >= 0.3 is 5.97 Å². The van der Waals surface area contributed by atoms with Crippen LogP contribution in [0.25, 0.3) is 0 Å². The van der Waals surface area contributed by atoms with Gasteiger partial charge in [-0.05, 0) is 49.9 Å². The lowest BCUT2D eigenvalue weighted by molar-refractivity contribution is -0.146. The number of hydrogen-bond acceptors (Lipinski definition) is 8. The van der Waals surface area contributed by atoms with Crippen LogP contribution in [0.2, 0.25) is 4.34 Å². The molecule has 0 saturated carbocycles. The Labute approximate surface area is 201 Å². The fourth-order valence-electron chi connectivity index (χ4n) is 4.44. The summed E-state index contributed by atoms with van der Waals surface area (Å²) in [5.74, 6) is -0.511. The standard InChI is InChI=1S/C23H28ClN3O5S/c1-2-32-23(30)17-11-15(5-6-25-17)16-9-14(10-18(21(16)28)27-7-8-31-13-27)12-26-22(29)19-3-4-20(24)33-19/h3-4,9-10,15,17-18,25H,2,5-8,11-13H2,1H3,(H,26,29). The minimum Gasteiger partial charge on any atom is -0.465 e. The summed E-state index contributed by atoms with van der Waals surface area (Å²) in [6.45, 7) is 4.68. The first-order valence-corrected chi connectivity index (χ1v) is 12.4. The number of carbonyl (C=O) groups is 3. The topological polar surface area (TPSA) is 97.0 Å². The van der Waals surface area contributed by atoms with Gasteiger partial charge in [-0.25, -0.2) is 0 Å². The third kappa shape index (κ3) is 5.73. The van der Waals surface area contributed by atoms with Gasteiger partial charge in [0.15, 0.2) is 5.78 Å². The molecule has 2 N–H and O–H groups in total. The van der Waals surface area contributed by atoms with E-state index < -0.39 is 12.1 Å². The van der Waals surface area contributed by atoms with E-state index in [-0.39, 0.29) is 23.6 Å². The number of hydrogen-bond donors (Lipinski definition) is 2.